The second-order valence-electron chi connectivity index (χ2n) is 10.6. The van der Waals surface area contributed by atoms with E-state index in [1.165, 1.54) is 0 Å². The maximum Gasteiger partial charge on any atom is 0.305 e. The molecule has 13 heteroatoms. The number of carboxylic acids is 1. The van der Waals surface area contributed by atoms with Gasteiger partial charge in [0.05, 0.1) is 19.0 Å². The highest BCUT2D eigenvalue weighted by Gasteiger charge is 2.31. The topological polar surface area (TPSA) is 223 Å². The molecule has 0 bridgehead atoms. The first kappa shape index (κ1) is 33.9. The molecule has 42 heavy (non-hydrogen) atoms. The lowest BCUT2D eigenvalue weighted by atomic mass is 9.89. The molecule has 1 aromatic carbocycles. The normalized spacial score (nSPS) is 22.9. The van der Waals surface area contributed by atoms with Gasteiger partial charge in [-0.25, -0.2) is 0 Å². The number of rotatable bonds is 10. The van der Waals surface area contributed by atoms with Crippen LogP contribution in [-0.4, -0.2) is 71.5 Å². The van der Waals surface area contributed by atoms with Crippen molar-refractivity contribution in [2.75, 3.05) is 13.1 Å². The summed E-state index contributed by atoms with van der Waals surface area (Å²) in [6.45, 7) is 1.64. The zero-order valence-electron chi connectivity index (χ0n) is 24.0. The fraction of sp³-hybridized carbons (Fsp3) is 0.552. The predicted octanol–water partition coefficient (Wildman–Crippen LogP) is 0.198. The van der Waals surface area contributed by atoms with Gasteiger partial charge in [0.15, 0.2) is 11.7 Å². The lowest BCUT2D eigenvalue weighted by Gasteiger charge is -2.25. The maximum atomic E-state index is 13.5. The Hall–Kier alpha value is -4.29. The molecule has 3 amide bonds. The number of Topliss-reactive ketones (excluding diaryl/α,β-unsaturated/α-hetero) is 2. The van der Waals surface area contributed by atoms with Crippen LogP contribution in [0.4, 0.5) is 0 Å². The van der Waals surface area contributed by atoms with Gasteiger partial charge in [0, 0.05) is 43.7 Å². The van der Waals surface area contributed by atoms with Gasteiger partial charge in [-0.2, -0.15) is 0 Å². The molecule has 1 saturated heterocycles. The van der Waals surface area contributed by atoms with E-state index in [1.807, 2.05) is 37.3 Å². The summed E-state index contributed by atoms with van der Waals surface area (Å²) in [4.78, 5) is 81.0. The van der Waals surface area contributed by atoms with Crippen LogP contribution in [0.3, 0.4) is 0 Å². The number of nitrogens with one attached hydrogen (secondary N) is 3. The second-order valence-corrected chi connectivity index (χ2v) is 10.6. The Balaban J connectivity index is 2.38. The van der Waals surface area contributed by atoms with Gasteiger partial charge >= 0.3 is 5.97 Å². The summed E-state index contributed by atoms with van der Waals surface area (Å²) in [6, 6.07) is 7.19. The number of hydrogen-bond acceptors (Lipinski definition) is 7. The van der Waals surface area contributed by atoms with Gasteiger partial charge in [-0.3, -0.25) is 33.8 Å². The van der Waals surface area contributed by atoms with E-state index in [0.717, 1.165) is 5.56 Å². The number of guanidine groups is 1. The molecule has 1 aromatic rings. The molecular weight excluding hydrogens is 544 g/mol. The van der Waals surface area contributed by atoms with E-state index >= 15 is 0 Å². The molecule has 2 rings (SSSR count). The van der Waals surface area contributed by atoms with Crippen LogP contribution < -0.4 is 27.4 Å². The predicted molar refractivity (Wildman–Crippen MR) is 155 cm³/mol. The summed E-state index contributed by atoms with van der Waals surface area (Å²) >= 11 is 0. The average Bonchev–Trinajstić information content (AvgIpc) is 2.92. The molecule has 0 saturated carbocycles. The Bertz CT molecular complexity index is 1140. The van der Waals surface area contributed by atoms with Crippen molar-refractivity contribution < 1.29 is 33.9 Å². The van der Waals surface area contributed by atoms with Gasteiger partial charge in [0.2, 0.25) is 17.7 Å². The van der Waals surface area contributed by atoms with Crippen LogP contribution in [0.5, 0.6) is 0 Å². The van der Waals surface area contributed by atoms with Gasteiger partial charge in [-0.1, -0.05) is 43.7 Å². The molecule has 0 aromatic heterocycles. The van der Waals surface area contributed by atoms with Crippen LogP contribution in [0.2, 0.25) is 0 Å². The second kappa shape index (κ2) is 17.5. The number of carbonyl (C=O) groups excluding carboxylic acids is 5. The molecule has 0 unspecified atom stereocenters. The van der Waals surface area contributed by atoms with Crippen molar-refractivity contribution in [2.45, 2.75) is 76.8 Å². The van der Waals surface area contributed by atoms with Gasteiger partial charge in [0.1, 0.15) is 5.78 Å². The lowest BCUT2D eigenvalue weighted by Crippen LogP contribution is -2.48. The van der Waals surface area contributed by atoms with E-state index in [9.17, 15) is 33.9 Å². The molecule has 1 heterocycles. The van der Waals surface area contributed by atoms with Crippen LogP contribution in [0.1, 0.15) is 63.9 Å². The molecule has 1 aliphatic rings. The van der Waals surface area contributed by atoms with Crippen molar-refractivity contribution in [1.29, 1.82) is 0 Å². The van der Waals surface area contributed by atoms with Crippen molar-refractivity contribution in [2.24, 2.45) is 28.3 Å². The first-order chi connectivity index (χ1) is 20.0. The third kappa shape index (κ3) is 12.5. The van der Waals surface area contributed by atoms with Crippen molar-refractivity contribution >= 4 is 41.2 Å². The van der Waals surface area contributed by atoms with Crippen LogP contribution in [0, 0.1) is 11.8 Å². The highest BCUT2D eigenvalue weighted by atomic mass is 16.4. The van der Waals surface area contributed by atoms with Crippen LogP contribution in [0.15, 0.2) is 35.3 Å². The minimum Gasteiger partial charge on any atom is -0.481 e. The average molecular weight is 587 g/mol. The molecule has 230 valence electrons. The van der Waals surface area contributed by atoms with Gasteiger partial charge in [-0.15, -0.1) is 0 Å². The summed E-state index contributed by atoms with van der Waals surface area (Å²) < 4.78 is 0. The summed E-state index contributed by atoms with van der Waals surface area (Å²) in [5, 5.41) is 17.2. The standard InChI is InChI=1S/C29H42N6O7/c1-2-7-23-24(37)14-19(10-6-11-32-29(30)31)27(41)33-17-25(38)34-21(16-26(39)40)15-22(36)13-20(28(42)35-23)12-18-8-4-3-5-9-18/h3-5,8-9,19-21,23H,2,6-7,10-17H2,1H3,(H,33,41)(H,34,38)(H,35,42)(H,39,40)(H4,30,31,32)/t19-,20+,21-,23+/m1/s1. The number of nitrogens with two attached hydrogens (primary N) is 2. The number of benzene rings is 1. The van der Waals surface area contributed by atoms with Gasteiger partial charge in [0.25, 0.3) is 0 Å². The minimum atomic E-state index is -1.22. The molecule has 4 atom stereocenters. The largest absolute Gasteiger partial charge is 0.481 e. The third-order valence-corrected chi connectivity index (χ3v) is 6.96. The molecule has 8 N–H and O–H groups in total. The number of ketones is 2. The smallest absolute Gasteiger partial charge is 0.305 e. The van der Waals surface area contributed by atoms with E-state index in [4.69, 9.17) is 11.5 Å². The minimum absolute atomic E-state index is 0.102. The van der Waals surface area contributed by atoms with E-state index in [1.54, 1.807) is 0 Å². The number of carbonyl (C=O) groups is 6. The summed E-state index contributed by atoms with van der Waals surface area (Å²) in [6.07, 6.45) is 0.555. The molecule has 0 aliphatic carbocycles. The highest BCUT2D eigenvalue weighted by Crippen LogP contribution is 2.19. The van der Waals surface area contributed by atoms with E-state index < -0.39 is 66.4 Å². The first-order valence-electron chi connectivity index (χ1n) is 14.2. The Morgan fingerprint density at radius 3 is 2.31 bits per heavy atom. The van der Waals surface area contributed by atoms with Crippen molar-refractivity contribution in [3.63, 3.8) is 0 Å². The number of amides is 3. The van der Waals surface area contributed by atoms with Crippen LogP contribution >= 0.6 is 0 Å². The lowest BCUT2D eigenvalue weighted by molar-refractivity contribution is -0.138. The third-order valence-electron chi connectivity index (χ3n) is 6.96. The summed E-state index contributed by atoms with van der Waals surface area (Å²) in [5.41, 5.74) is 11.6. The summed E-state index contributed by atoms with van der Waals surface area (Å²) in [7, 11) is 0. The Kier molecular flexibility index (Phi) is 14.1. The SMILES string of the molecule is CCC[C@@H]1NC(=O)[C@@H](Cc2ccccc2)CC(=O)C[C@H](CC(=O)O)NC(=O)CNC(=O)[C@H](CCCN=C(N)N)CC1=O. The molecular formula is C29H42N6O7. The zero-order chi connectivity index (χ0) is 31.1. The zero-order valence-corrected chi connectivity index (χ0v) is 24.0. The first-order valence-corrected chi connectivity index (χ1v) is 14.2. The Morgan fingerprint density at radius 2 is 1.67 bits per heavy atom. The quantitative estimate of drug-likeness (QED) is 0.125. The summed E-state index contributed by atoms with van der Waals surface area (Å²) in [5.74, 6) is -5.43. The number of nitrogens with zero attached hydrogens (tertiary/aromatic N) is 1. The Labute approximate surface area is 245 Å². The van der Waals surface area contributed by atoms with Gasteiger partial charge in [-0.05, 0) is 31.2 Å². The Morgan fingerprint density at radius 1 is 0.952 bits per heavy atom. The van der Waals surface area contributed by atoms with Crippen LogP contribution in [0.25, 0.3) is 0 Å². The molecule has 1 fully saturated rings. The van der Waals surface area contributed by atoms with Crippen molar-refractivity contribution in [3.05, 3.63) is 35.9 Å². The van der Waals surface area contributed by atoms with Crippen molar-refractivity contribution in [3.8, 4) is 0 Å². The molecule has 0 spiro atoms. The number of hydrogen-bond donors (Lipinski definition) is 6. The van der Waals surface area contributed by atoms with Crippen LogP contribution in [-0.2, 0) is 35.2 Å². The van der Waals surface area contributed by atoms with E-state index in [-0.39, 0.29) is 50.4 Å². The monoisotopic (exact) mass is 586 g/mol. The van der Waals surface area contributed by atoms with Crippen molar-refractivity contribution in [1.82, 2.24) is 16.0 Å². The number of aliphatic imine (C=N–C) groups is 1. The number of carboxylic acid groups (broad SMARTS) is 1. The maximum absolute atomic E-state index is 13.5. The van der Waals surface area contributed by atoms with E-state index in [0.29, 0.717) is 19.3 Å². The highest BCUT2D eigenvalue weighted by molar-refractivity contribution is 5.95. The fourth-order valence-electron chi connectivity index (χ4n) is 4.91. The van der Waals surface area contributed by atoms with Gasteiger partial charge < -0.3 is 32.5 Å². The van der Waals surface area contributed by atoms with E-state index in [2.05, 4.69) is 20.9 Å². The molecule has 13 nitrogen and oxygen atoms in total. The molecule has 0 radical (unpaired) electrons. The fourth-order valence-corrected chi connectivity index (χ4v) is 4.91. The number of aliphatic carboxylic acids is 1. The molecule has 1 aliphatic heterocycles.